The molecule has 1 N–H and O–H groups in total. The molecule has 1 rings (SSSR count). The van der Waals surface area contributed by atoms with E-state index in [2.05, 4.69) is 11.9 Å². The molecule has 0 spiro atoms. The van der Waals surface area contributed by atoms with Crippen molar-refractivity contribution < 1.29 is 42.9 Å². The maximum Gasteiger partial charge on any atom is 0.303 e. The Labute approximate surface area is 188 Å². The molecule has 182 valence electrons. The Morgan fingerprint density at radius 2 is 1.53 bits per heavy atom. The SMILES string of the molecule is C=CCCCCCCO[C@@H]1OC(COC(C)=O)[C@H](OC(C)=O)[C@H](OC(C)=O)C1NC(C)=O. The van der Waals surface area contributed by atoms with Crippen molar-refractivity contribution >= 4 is 23.8 Å². The highest BCUT2D eigenvalue weighted by Gasteiger charge is 2.51. The highest BCUT2D eigenvalue weighted by molar-refractivity contribution is 5.73. The number of amides is 1. The van der Waals surface area contributed by atoms with Crippen LogP contribution in [-0.4, -0.2) is 67.7 Å². The number of carbonyl (C=O) groups is 4. The molecule has 10 heteroatoms. The molecule has 0 aliphatic carbocycles. The van der Waals surface area contributed by atoms with E-state index in [0.717, 1.165) is 32.1 Å². The minimum atomic E-state index is -1.12. The van der Waals surface area contributed by atoms with Gasteiger partial charge in [0, 0.05) is 34.3 Å². The van der Waals surface area contributed by atoms with Crippen LogP contribution < -0.4 is 5.32 Å². The highest BCUT2D eigenvalue weighted by atomic mass is 16.7. The molecule has 0 saturated carbocycles. The van der Waals surface area contributed by atoms with Crippen molar-refractivity contribution in [1.29, 1.82) is 0 Å². The molecule has 1 saturated heterocycles. The minimum absolute atomic E-state index is 0.251. The number of ether oxygens (including phenoxy) is 5. The van der Waals surface area contributed by atoms with E-state index in [1.165, 1.54) is 27.7 Å². The second kappa shape index (κ2) is 14.6. The molecule has 2 unspecified atom stereocenters. The van der Waals surface area contributed by atoms with E-state index in [1.54, 1.807) is 0 Å². The van der Waals surface area contributed by atoms with Gasteiger partial charge in [0.15, 0.2) is 18.5 Å². The lowest BCUT2D eigenvalue weighted by atomic mass is 9.96. The summed E-state index contributed by atoms with van der Waals surface area (Å²) < 4.78 is 27.6. The van der Waals surface area contributed by atoms with Crippen molar-refractivity contribution in [1.82, 2.24) is 5.32 Å². The van der Waals surface area contributed by atoms with Gasteiger partial charge in [-0.25, -0.2) is 0 Å². The summed E-state index contributed by atoms with van der Waals surface area (Å²) in [7, 11) is 0. The normalized spacial score (nSPS) is 24.8. The standard InChI is InChI=1S/C22H35NO9/c1-6-7-8-9-10-11-12-28-22-19(23-14(2)24)21(31-17(5)27)20(30-16(4)26)18(32-22)13-29-15(3)25/h6,18-22H,1,7-13H2,2-5H3,(H,23,24)/t18?,19?,20-,21+,22+/m0/s1. The summed E-state index contributed by atoms with van der Waals surface area (Å²) in [6, 6.07) is -0.935. The number of hydrogen-bond acceptors (Lipinski definition) is 9. The van der Waals surface area contributed by atoms with Crippen LogP contribution in [0.4, 0.5) is 0 Å². The molecule has 0 aromatic carbocycles. The average Bonchev–Trinajstić information content (AvgIpc) is 2.68. The second-order valence-electron chi connectivity index (χ2n) is 7.58. The third-order valence-corrected chi connectivity index (χ3v) is 4.66. The third-order valence-electron chi connectivity index (χ3n) is 4.66. The van der Waals surface area contributed by atoms with Crippen molar-refractivity contribution in [2.75, 3.05) is 13.2 Å². The summed E-state index contributed by atoms with van der Waals surface area (Å²) >= 11 is 0. The Bertz CT molecular complexity index is 651. The first kappa shape index (κ1) is 27.6. The number of unbranched alkanes of at least 4 members (excludes halogenated alkanes) is 4. The topological polar surface area (TPSA) is 126 Å². The fourth-order valence-corrected chi connectivity index (χ4v) is 3.38. The molecule has 5 atom stereocenters. The van der Waals surface area contributed by atoms with Crippen molar-refractivity contribution in [2.45, 2.75) is 90.4 Å². The number of nitrogens with one attached hydrogen (secondary N) is 1. The van der Waals surface area contributed by atoms with Crippen LogP contribution in [0.25, 0.3) is 0 Å². The molecular weight excluding hydrogens is 422 g/mol. The van der Waals surface area contributed by atoms with Crippen molar-refractivity contribution in [3.05, 3.63) is 12.7 Å². The van der Waals surface area contributed by atoms with E-state index in [1.807, 2.05) is 6.08 Å². The van der Waals surface area contributed by atoms with Gasteiger partial charge in [-0.1, -0.05) is 18.9 Å². The van der Waals surface area contributed by atoms with Gasteiger partial charge in [0.1, 0.15) is 18.8 Å². The fraction of sp³-hybridized carbons (Fsp3) is 0.727. The van der Waals surface area contributed by atoms with E-state index in [0.29, 0.717) is 6.61 Å². The molecule has 1 aliphatic rings. The van der Waals surface area contributed by atoms with Gasteiger partial charge in [-0.05, 0) is 19.3 Å². The molecule has 1 aliphatic heterocycles. The quantitative estimate of drug-likeness (QED) is 0.191. The van der Waals surface area contributed by atoms with Crippen LogP contribution in [0.15, 0.2) is 12.7 Å². The second-order valence-corrected chi connectivity index (χ2v) is 7.58. The Balaban J connectivity index is 3.02. The van der Waals surface area contributed by atoms with Gasteiger partial charge in [0.05, 0.1) is 0 Å². The van der Waals surface area contributed by atoms with Crippen LogP contribution in [0, 0.1) is 0 Å². The molecule has 0 bridgehead atoms. The third kappa shape index (κ3) is 10.2. The summed E-state index contributed by atoms with van der Waals surface area (Å²) in [5.41, 5.74) is 0. The Hall–Kier alpha value is -2.46. The predicted octanol–water partition coefficient (Wildman–Crippen LogP) is 1.80. The van der Waals surface area contributed by atoms with Crippen LogP contribution in [-0.2, 0) is 42.9 Å². The first-order chi connectivity index (χ1) is 15.1. The smallest absolute Gasteiger partial charge is 0.303 e. The van der Waals surface area contributed by atoms with Crippen LogP contribution in [0.1, 0.15) is 59.8 Å². The van der Waals surface area contributed by atoms with E-state index in [-0.39, 0.29) is 6.61 Å². The Kier molecular flexibility index (Phi) is 12.6. The van der Waals surface area contributed by atoms with Crippen molar-refractivity contribution in [3.63, 3.8) is 0 Å². The Morgan fingerprint density at radius 3 is 2.09 bits per heavy atom. The van der Waals surface area contributed by atoms with Crippen molar-refractivity contribution in [2.24, 2.45) is 0 Å². The van der Waals surface area contributed by atoms with Crippen LogP contribution >= 0.6 is 0 Å². The number of rotatable bonds is 13. The predicted molar refractivity (Wildman–Crippen MR) is 113 cm³/mol. The zero-order chi connectivity index (χ0) is 24.1. The molecule has 1 heterocycles. The zero-order valence-corrected chi connectivity index (χ0v) is 19.3. The lowest BCUT2D eigenvalue weighted by molar-refractivity contribution is -0.277. The van der Waals surface area contributed by atoms with E-state index < -0.39 is 54.5 Å². The molecule has 32 heavy (non-hydrogen) atoms. The Morgan fingerprint density at radius 1 is 0.906 bits per heavy atom. The molecule has 0 aromatic rings. The van der Waals surface area contributed by atoms with Gasteiger partial charge in [-0.15, -0.1) is 6.58 Å². The van der Waals surface area contributed by atoms with Gasteiger partial charge in [0.2, 0.25) is 5.91 Å². The maximum absolute atomic E-state index is 11.8. The summed E-state index contributed by atoms with van der Waals surface area (Å²) in [6.07, 6.45) is 2.39. The molecule has 1 amide bonds. The lowest BCUT2D eigenvalue weighted by Crippen LogP contribution is -2.66. The molecule has 0 radical (unpaired) electrons. The molecule has 10 nitrogen and oxygen atoms in total. The lowest BCUT2D eigenvalue weighted by Gasteiger charge is -2.44. The molecular formula is C22H35NO9. The highest BCUT2D eigenvalue weighted by Crippen LogP contribution is 2.28. The maximum atomic E-state index is 11.8. The number of esters is 3. The van der Waals surface area contributed by atoms with E-state index in [9.17, 15) is 19.2 Å². The molecule has 0 aromatic heterocycles. The average molecular weight is 458 g/mol. The van der Waals surface area contributed by atoms with Crippen LogP contribution in [0.5, 0.6) is 0 Å². The van der Waals surface area contributed by atoms with E-state index >= 15 is 0 Å². The first-order valence-electron chi connectivity index (χ1n) is 10.8. The van der Waals surface area contributed by atoms with E-state index in [4.69, 9.17) is 23.7 Å². The zero-order valence-electron chi connectivity index (χ0n) is 19.3. The number of allylic oxidation sites excluding steroid dienone is 1. The summed E-state index contributed by atoms with van der Waals surface area (Å²) in [6.45, 7) is 8.70. The number of carbonyl (C=O) groups excluding carboxylic acids is 4. The van der Waals surface area contributed by atoms with Gasteiger partial charge in [0.25, 0.3) is 0 Å². The fourth-order valence-electron chi connectivity index (χ4n) is 3.38. The van der Waals surface area contributed by atoms with Gasteiger partial charge in [-0.2, -0.15) is 0 Å². The summed E-state index contributed by atoms with van der Waals surface area (Å²) in [5.74, 6) is -2.25. The largest absolute Gasteiger partial charge is 0.463 e. The van der Waals surface area contributed by atoms with Crippen LogP contribution in [0.3, 0.4) is 0 Å². The summed E-state index contributed by atoms with van der Waals surface area (Å²) in [4.78, 5) is 46.7. The first-order valence-corrected chi connectivity index (χ1v) is 10.8. The van der Waals surface area contributed by atoms with Crippen molar-refractivity contribution in [3.8, 4) is 0 Å². The monoisotopic (exact) mass is 457 g/mol. The van der Waals surface area contributed by atoms with Gasteiger partial charge in [-0.3, -0.25) is 19.2 Å². The molecule has 1 fully saturated rings. The van der Waals surface area contributed by atoms with Gasteiger partial charge >= 0.3 is 17.9 Å². The summed E-state index contributed by atoms with van der Waals surface area (Å²) in [5, 5.41) is 2.67. The minimum Gasteiger partial charge on any atom is -0.463 e. The number of hydrogen-bond donors (Lipinski definition) is 1. The van der Waals surface area contributed by atoms with Crippen LogP contribution in [0.2, 0.25) is 0 Å². The van der Waals surface area contributed by atoms with Gasteiger partial charge < -0.3 is 29.0 Å².